The summed E-state index contributed by atoms with van der Waals surface area (Å²) in [5.74, 6) is -0.403. The van der Waals surface area contributed by atoms with Crippen molar-refractivity contribution in [3.8, 4) is 0 Å². The van der Waals surface area contributed by atoms with Crippen LogP contribution in [0.3, 0.4) is 0 Å². The van der Waals surface area contributed by atoms with Crippen LogP contribution in [0.15, 0.2) is 23.0 Å². The Morgan fingerprint density at radius 1 is 1.23 bits per heavy atom. The van der Waals surface area contributed by atoms with E-state index in [-0.39, 0.29) is 29.9 Å². The van der Waals surface area contributed by atoms with Crippen LogP contribution in [0.5, 0.6) is 0 Å². The van der Waals surface area contributed by atoms with Gasteiger partial charge in [0.15, 0.2) is 0 Å². The lowest BCUT2D eigenvalue weighted by atomic mass is 9.98. The molecule has 0 radical (unpaired) electrons. The number of benzene rings is 1. The lowest BCUT2D eigenvalue weighted by molar-refractivity contribution is -0.131. The third-order valence-electron chi connectivity index (χ3n) is 6.23. The van der Waals surface area contributed by atoms with E-state index < -0.39 is 5.54 Å². The lowest BCUT2D eigenvalue weighted by Gasteiger charge is -2.20. The molecule has 1 spiro atoms. The van der Waals surface area contributed by atoms with E-state index in [2.05, 4.69) is 15.6 Å². The van der Waals surface area contributed by atoms with E-state index in [0.29, 0.717) is 54.6 Å². The predicted molar refractivity (Wildman–Crippen MR) is 115 cm³/mol. The largest absolute Gasteiger partial charge is 0.352 e. The first-order valence-electron chi connectivity index (χ1n) is 10.8. The van der Waals surface area contributed by atoms with Gasteiger partial charge in [0.05, 0.1) is 11.0 Å². The number of nitrogens with one attached hydrogen (secondary N) is 2. The first kappa shape index (κ1) is 21.0. The van der Waals surface area contributed by atoms with E-state index in [1.165, 1.54) is 4.90 Å². The number of urea groups is 1. The summed E-state index contributed by atoms with van der Waals surface area (Å²) in [5.41, 5.74) is 1.28. The number of rotatable bonds is 6. The number of hydrogen-bond donors (Lipinski definition) is 2. The summed E-state index contributed by atoms with van der Waals surface area (Å²) in [6.45, 7) is 4.68. The van der Waals surface area contributed by atoms with Gasteiger partial charge in [-0.1, -0.05) is 12.8 Å². The highest BCUT2D eigenvalue weighted by molar-refractivity contribution is 6.07. The minimum absolute atomic E-state index is 0.132. The van der Waals surface area contributed by atoms with Gasteiger partial charge < -0.3 is 15.2 Å². The van der Waals surface area contributed by atoms with Gasteiger partial charge in [-0.15, -0.1) is 0 Å². The highest BCUT2D eigenvalue weighted by atomic mass is 16.2. The maximum Gasteiger partial charge on any atom is 0.325 e. The van der Waals surface area contributed by atoms with Gasteiger partial charge in [-0.3, -0.25) is 19.3 Å². The lowest BCUT2D eigenvalue weighted by Crippen LogP contribution is -2.44. The second kappa shape index (κ2) is 8.13. The molecule has 2 heterocycles. The second-order valence-electron chi connectivity index (χ2n) is 8.24. The quantitative estimate of drug-likeness (QED) is 0.540. The first-order chi connectivity index (χ1) is 14.9. The monoisotopic (exact) mass is 425 g/mol. The molecule has 9 nitrogen and oxygen atoms in total. The fourth-order valence-electron chi connectivity index (χ4n) is 4.57. The van der Waals surface area contributed by atoms with E-state index in [0.717, 1.165) is 12.8 Å². The van der Waals surface area contributed by atoms with Crippen molar-refractivity contribution in [3.63, 3.8) is 0 Å². The Morgan fingerprint density at radius 3 is 2.68 bits per heavy atom. The van der Waals surface area contributed by atoms with Crippen molar-refractivity contribution in [3.05, 3.63) is 39.8 Å². The number of amides is 4. The molecule has 2 N–H and O–H groups in total. The molecule has 9 heteroatoms. The number of carbonyl (C=O) groups is 3. The average molecular weight is 425 g/mol. The number of hydrogen-bond acceptors (Lipinski definition) is 5. The maximum absolute atomic E-state index is 12.6. The van der Waals surface area contributed by atoms with E-state index in [4.69, 9.17) is 0 Å². The Kier molecular flexibility index (Phi) is 5.51. The molecule has 4 amide bonds. The summed E-state index contributed by atoms with van der Waals surface area (Å²) in [6, 6.07) is 4.73. The number of fused-ring (bicyclic) bond motifs is 1. The normalized spacial score (nSPS) is 17.5. The topological polar surface area (TPSA) is 113 Å². The molecule has 1 saturated carbocycles. The van der Waals surface area contributed by atoms with Crippen LogP contribution in [0.25, 0.3) is 11.0 Å². The van der Waals surface area contributed by atoms with Crippen molar-refractivity contribution < 1.29 is 14.4 Å². The summed E-state index contributed by atoms with van der Waals surface area (Å²) < 4.78 is 1.63. The fraction of sp³-hybridized carbons (Fsp3) is 0.500. The maximum atomic E-state index is 12.6. The molecule has 1 aliphatic heterocycles. The molecule has 2 fully saturated rings. The molecular formula is C22H27N5O4. The molecule has 1 saturated heterocycles. The molecule has 31 heavy (non-hydrogen) atoms. The molecule has 0 unspecified atom stereocenters. The zero-order valence-corrected chi connectivity index (χ0v) is 17.9. The van der Waals surface area contributed by atoms with Crippen molar-refractivity contribution >= 4 is 28.9 Å². The van der Waals surface area contributed by atoms with Gasteiger partial charge in [0.25, 0.3) is 17.4 Å². The number of imide groups is 1. The average Bonchev–Trinajstić information content (AvgIpc) is 3.31. The number of aromatic nitrogens is 2. The van der Waals surface area contributed by atoms with Crippen molar-refractivity contribution in [1.29, 1.82) is 0 Å². The summed E-state index contributed by atoms with van der Waals surface area (Å²) in [5, 5.41) is 5.69. The van der Waals surface area contributed by atoms with Crippen molar-refractivity contribution in [1.82, 2.24) is 25.1 Å². The van der Waals surface area contributed by atoms with E-state index in [1.807, 2.05) is 6.92 Å². The third kappa shape index (κ3) is 3.68. The van der Waals surface area contributed by atoms with E-state index in [1.54, 1.807) is 29.7 Å². The standard InChI is InChI=1S/C22H27N5O4/c1-3-26-17-8-7-15(13-16(17)24-14(2)19(26)29)18(28)23-11-6-12-27-20(30)22(25-21(27)31)9-4-5-10-22/h7-8,13H,3-6,9-12H2,1-2H3,(H,23,28)(H,25,31). The Bertz CT molecular complexity index is 1120. The SMILES string of the molecule is CCn1c(=O)c(C)nc2cc(C(=O)NCCCN3C(=O)NC4(CCCC4)C3=O)ccc21. The number of nitrogens with zero attached hydrogens (tertiary/aromatic N) is 3. The van der Waals surface area contributed by atoms with Crippen molar-refractivity contribution in [2.24, 2.45) is 0 Å². The Labute approximate surface area is 179 Å². The van der Waals surface area contributed by atoms with Gasteiger partial charge in [0.2, 0.25) is 0 Å². The summed E-state index contributed by atoms with van der Waals surface area (Å²) in [4.78, 5) is 55.2. The highest BCUT2D eigenvalue weighted by Crippen LogP contribution is 2.34. The van der Waals surface area contributed by atoms with Crippen LogP contribution in [0.4, 0.5) is 4.79 Å². The van der Waals surface area contributed by atoms with Crippen LogP contribution >= 0.6 is 0 Å². The van der Waals surface area contributed by atoms with E-state index >= 15 is 0 Å². The summed E-state index contributed by atoms with van der Waals surface area (Å²) >= 11 is 0. The van der Waals surface area contributed by atoms with Gasteiger partial charge in [-0.25, -0.2) is 9.78 Å². The van der Waals surface area contributed by atoms with Gasteiger partial charge in [-0.05, 0) is 51.3 Å². The van der Waals surface area contributed by atoms with Crippen LogP contribution in [0.2, 0.25) is 0 Å². The van der Waals surface area contributed by atoms with Gasteiger partial charge >= 0.3 is 6.03 Å². The van der Waals surface area contributed by atoms with Crippen molar-refractivity contribution in [2.45, 2.75) is 58.0 Å². The smallest absolute Gasteiger partial charge is 0.325 e. The van der Waals surface area contributed by atoms with Crippen LogP contribution in [-0.4, -0.2) is 50.9 Å². The molecule has 4 rings (SSSR count). The van der Waals surface area contributed by atoms with Crippen LogP contribution in [0.1, 0.15) is 55.1 Å². The molecule has 164 valence electrons. The molecule has 0 bridgehead atoms. The number of carbonyl (C=O) groups excluding carboxylic acids is 3. The van der Waals surface area contributed by atoms with Gasteiger partial charge in [-0.2, -0.15) is 0 Å². The number of aryl methyl sites for hydroxylation is 2. The molecule has 0 atom stereocenters. The van der Waals surface area contributed by atoms with Crippen LogP contribution < -0.4 is 16.2 Å². The molecule has 1 aromatic carbocycles. The predicted octanol–water partition coefficient (Wildman–Crippen LogP) is 1.71. The Morgan fingerprint density at radius 2 is 1.97 bits per heavy atom. The van der Waals surface area contributed by atoms with Crippen LogP contribution in [0, 0.1) is 6.92 Å². The zero-order valence-electron chi connectivity index (χ0n) is 17.9. The Balaban J connectivity index is 1.36. The molecular weight excluding hydrogens is 398 g/mol. The second-order valence-corrected chi connectivity index (χ2v) is 8.24. The van der Waals surface area contributed by atoms with Gasteiger partial charge in [0, 0.05) is 25.2 Å². The van der Waals surface area contributed by atoms with Crippen LogP contribution in [-0.2, 0) is 11.3 Å². The third-order valence-corrected chi connectivity index (χ3v) is 6.23. The molecule has 2 aliphatic rings. The Hall–Kier alpha value is -3.23. The fourth-order valence-corrected chi connectivity index (χ4v) is 4.57. The molecule has 1 aliphatic carbocycles. The van der Waals surface area contributed by atoms with E-state index in [9.17, 15) is 19.2 Å². The summed E-state index contributed by atoms with van der Waals surface area (Å²) in [6.07, 6.45) is 3.77. The van der Waals surface area contributed by atoms with Crippen molar-refractivity contribution in [2.75, 3.05) is 13.1 Å². The molecule has 2 aromatic rings. The minimum atomic E-state index is -0.699. The zero-order chi connectivity index (χ0) is 22.2. The minimum Gasteiger partial charge on any atom is -0.352 e. The summed E-state index contributed by atoms with van der Waals surface area (Å²) in [7, 11) is 0. The van der Waals surface area contributed by atoms with Gasteiger partial charge in [0.1, 0.15) is 11.2 Å². The highest BCUT2D eigenvalue weighted by Gasteiger charge is 2.51. The first-order valence-corrected chi connectivity index (χ1v) is 10.8. The molecule has 1 aromatic heterocycles.